The van der Waals surface area contributed by atoms with Gasteiger partial charge in [-0.05, 0) is 0 Å². The molecule has 0 fully saturated rings. The Kier molecular flexibility index (Phi) is 5.04. The second-order valence-electron chi connectivity index (χ2n) is 0.657. The Morgan fingerprint density at radius 2 is 2.40 bits per heavy atom. The van der Waals surface area contributed by atoms with Gasteiger partial charge in [-0.25, -0.2) is 0 Å². The Morgan fingerprint density at radius 3 is 2.40 bits per heavy atom. The molecule has 3 heteroatoms. The summed E-state index contributed by atoms with van der Waals surface area (Å²) in [7, 11) is 0. The summed E-state index contributed by atoms with van der Waals surface area (Å²) in [6.45, 7) is 1.57. The molecule has 0 aromatic rings. The Labute approximate surface area is 42.1 Å². The molecule has 0 spiro atoms. The van der Waals surface area contributed by atoms with Crippen LogP contribution in [0.4, 0.5) is 0 Å². The fourth-order valence-electron chi connectivity index (χ4n) is 0.0481. The first-order valence-corrected chi connectivity index (χ1v) is 2.25. The molecular weight excluding hydrogens is 155 g/mol. The molecule has 0 rings (SSSR count). The molecule has 2 nitrogen and oxygen atoms in total. The molecule has 0 saturated heterocycles. The Hall–Kier alpha value is 0.543. The molecule has 0 aromatic heterocycles. The molecule has 34 valence electrons. The first-order valence-electron chi connectivity index (χ1n) is 1.43. The van der Waals surface area contributed by atoms with Crippen LogP contribution in [-0.2, 0) is 18.5 Å². The Morgan fingerprint density at radius 1 is 1.80 bits per heavy atom. The van der Waals surface area contributed by atoms with Crippen molar-refractivity contribution in [3.8, 4) is 0 Å². The van der Waals surface area contributed by atoms with Crippen LogP contribution < -0.4 is 9.79 Å². The van der Waals surface area contributed by atoms with Gasteiger partial charge in [0.15, 0.2) is 0 Å². The van der Waals surface area contributed by atoms with E-state index in [2.05, 4.69) is 22.6 Å². The van der Waals surface area contributed by atoms with Gasteiger partial charge in [0.05, 0.1) is 0 Å². The van der Waals surface area contributed by atoms with Crippen molar-refractivity contribution in [3.63, 3.8) is 0 Å². The predicted octanol–water partition coefficient (Wildman–Crippen LogP) is -1.00. The van der Waals surface area contributed by atoms with Crippen LogP contribution in [0.3, 0.4) is 0 Å². The van der Waals surface area contributed by atoms with Crippen LogP contribution in [0.1, 0.15) is 0 Å². The molecule has 0 aromatic carbocycles. The zero-order chi connectivity index (χ0) is 4.12. The number of hydrogen-bond acceptors (Lipinski definition) is 2. The van der Waals surface area contributed by atoms with E-state index in [4.69, 9.17) is 5.73 Å². The molecule has 0 unspecified atom stereocenters. The van der Waals surface area contributed by atoms with Crippen molar-refractivity contribution >= 4 is 0 Å². The summed E-state index contributed by atoms with van der Waals surface area (Å²) >= 11 is 2.53. The number of hydrogen-bond donors (Lipinski definition) is 2. The Balaban J connectivity index is 2.19. The van der Waals surface area contributed by atoms with Crippen LogP contribution in [0, 0.1) is 0 Å². The van der Waals surface area contributed by atoms with E-state index in [1.807, 2.05) is 0 Å². The van der Waals surface area contributed by atoms with Crippen molar-refractivity contribution in [2.45, 2.75) is 0 Å². The van der Waals surface area contributed by atoms with Crippen molar-refractivity contribution in [1.29, 1.82) is 0 Å². The van der Waals surface area contributed by atoms with Gasteiger partial charge >= 0.3 is 41.4 Å². The standard InChI is InChI=1S/C2H7N2.Rh/c3-1-2-4;/h3H,1-2,4H2;/q-1;+1. The second-order valence-corrected chi connectivity index (χ2v) is 1.24. The normalized spacial score (nSPS) is 8.60. The molecule has 0 aliphatic carbocycles. The van der Waals surface area contributed by atoms with Crippen molar-refractivity contribution in [3.05, 3.63) is 0 Å². The molecule has 0 aliphatic rings. The van der Waals surface area contributed by atoms with E-state index in [0.717, 1.165) is 6.54 Å². The molecule has 0 saturated carbocycles. The molecule has 5 heavy (non-hydrogen) atoms. The summed E-state index contributed by atoms with van der Waals surface area (Å²) in [5.74, 6) is 0. The van der Waals surface area contributed by atoms with E-state index < -0.39 is 0 Å². The van der Waals surface area contributed by atoms with Gasteiger partial charge in [-0.2, -0.15) is 0 Å². The van der Waals surface area contributed by atoms with Gasteiger partial charge in [-0.3, -0.25) is 0 Å². The Bertz CT molecular complexity index is 15.1. The topological polar surface area (TPSA) is 38.0 Å². The summed E-state index contributed by atoms with van der Waals surface area (Å²) in [5, 5.41) is 0. The zero-order valence-corrected chi connectivity index (χ0v) is 4.46. The fraction of sp³-hybridized carbons (Fsp3) is 1.00. The summed E-state index contributed by atoms with van der Waals surface area (Å²) < 4.78 is 2.78. The van der Waals surface area contributed by atoms with Gasteiger partial charge in [0.2, 0.25) is 0 Å². The second kappa shape index (κ2) is 4.54. The van der Waals surface area contributed by atoms with Crippen molar-refractivity contribution in [2.24, 2.45) is 5.73 Å². The third-order valence-electron chi connectivity index (χ3n) is 0.228. The SMILES string of the molecule is NCC[NH][Rh]. The summed E-state index contributed by atoms with van der Waals surface area (Å²) in [6.07, 6.45) is 0. The van der Waals surface area contributed by atoms with Crippen LogP contribution in [0.5, 0.6) is 0 Å². The molecule has 0 radical (unpaired) electrons. The van der Waals surface area contributed by atoms with Crippen LogP contribution >= 0.6 is 0 Å². The van der Waals surface area contributed by atoms with Crippen LogP contribution in [0.2, 0.25) is 0 Å². The molecular formula is C2H7N2Rh. The molecule has 0 aliphatic heterocycles. The van der Waals surface area contributed by atoms with Gasteiger partial charge in [0.1, 0.15) is 0 Å². The summed E-state index contributed by atoms with van der Waals surface area (Å²) in [6, 6.07) is 0. The average Bonchev–Trinajstić information content (AvgIpc) is 1.41. The number of nitrogens with one attached hydrogen (secondary N) is 1. The maximum absolute atomic E-state index is 5.06. The minimum atomic E-state index is 0.705. The van der Waals surface area contributed by atoms with E-state index in [0.29, 0.717) is 6.54 Å². The molecule has 3 N–H and O–H groups in total. The van der Waals surface area contributed by atoms with E-state index in [9.17, 15) is 0 Å². The van der Waals surface area contributed by atoms with Gasteiger partial charge < -0.3 is 0 Å². The van der Waals surface area contributed by atoms with Crippen molar-refractivity contribution < 1.29 is 18.5 Å². The maximum atomic E-state index is 5.06. The minimum absolute atomic E-state index is 0.705. The van der Waals surface area contributed by atoms with Crippen molar-refractivity contribution in [1.82, 2.24) is 4.06 Å². The zero-order valence-electron chi connectivity index (χ0n) is 2.82. The fourth-order valence-corrected chi connectivity index (χ4v) is 0.285. The quantitative estimate of drug-likeness (QED) is 0.511. The monoisotopic (exact) mass is 162 g/mol. The average molecular weight is 162 g/mol. The number of rotatable bonds is 2. The van der Waals surface area contributed by atoms with Crippen LogP contribution in [0.25, 0.3) is 0 Å². The first-order chi connectivity index (χ1) is 2.41. The summed E-state index contributed by atoms with van der Waals surface area (Å²) in [4.78, 5) is 0. The van der Waals surface area contributed by atoms with E-state index >= 15 is 0 Å². The first kappa shape index (κ1) is 5.54. The molecule has 0 bridgehead atoms. The van der Waals surface area contributed by atoms with Crippen molar-refractivity contribution in [2.75, 3.05) is 13.1 Å². The number of nitrogens with two attached hydrogens (primary N) is 1. The third kappa shape index (κ3) is 4.54. The van der Waals surface area contributed by atoms with Gasteiger partial charge in [0.25, 0.3) is 0 Å². The third-order valence-corrected chi connectivity index (χ3v) is 0.637. The predicted molar refractivity (Wildman–Crippen MR) is 17.1 cm³/mol. The van der Waals surface area contributed by atoms with Crippen LogP contribution in [-0.4, -0.2) is 13.1 Å². The van der Waals surface area contributed by atoms with Crippen LogP contribution in [0.15, 0.2) is 0 Å². The van der Waals surface area contributed by atoms with Gasteiger partial charge in [-0.1, -0.05) is 0 Å². The van der Waals surface area contributed by atoms with E-state index in [-0.39, 0.29) is 0 Å². The van der Waals surface area contributed by atoms with Gasteiger partial charge in [0, 0.05) is 0 Å². The van der Waals surface area contributed by atoms with E-state index in [1.54, 1.807) is 0 Å². The van der Waals surface area contributed by atoms with E-state index in [1.165, 1.54) is 0 Å². The molecule has 0 heterocycles. The molecule has 0 amide bonds. The summed E-state index contributed by atoms with van der Waals surface area (Å²) in [5.41, 5.74) is 5.06. The van der Waals surface area contributed by atoms with Gasteiger partial charge in [-0.15, -0.1) is 0 Å². The molecule has 0 atom stereocenters.